The number of pyridine rings is 1. The number of rotatable bonds is 5. The van der Waals surface area contributed by atoms with Gasteiger partial charge in [-0.2, -0.15) is 5.26 Å². The fourth-order valence-electron chi connectivity index (χ4n) is 2.05. The van der Waals surface area contributed by atoms with E-state index in [1.54, 1.807) is 18.3 Å². The zero-order valence-corrected chi connectivity index (χ0v) is 12.3. The van der Waals surface area contributed by atoms with E-state index < -0.39 is 0 Å². The van der Waals surface area contributed by atoms with E-state index >= 15 is 0 Å². The standard InChI is InChI=1S/C19H14N2O2/c20-13-16-12-17(10-11-21-16)23-19-9-5-4-8-18(19)22-14-15-6-2-1-3-7-15/h1-12H,14H2. The average Bonchev–Trinajstić information content (AvgIpc) is 2.62. The predicted octanol–water partition coefficient (Wildman–Crippen LogP) is 4.32. The van der Waals surface area contributed by atoms with Crippen LogP contribution >= 0.6 is 0 Å². The zero-order chi connectivity index (χ0) is 15.9. The number of para-hydroxylation sites is 2. The SMILES string of the molecule is N#Cc1cc(Oc2ccccc2OCc2ccccc2)ccn1. The van der Waals surface area contributed by atoms with Gasteiger partial charge in [-0.1, -0.05) is 42.5 Å². The van der Waals surface area contributed by atoms with Gasteiger partial charge in [-0.25, -0.2) is 4.98 Å². The van der Waals surface area contributed by atoms with Gasteiger partial charge in [0.05, 0.1) is 0 Å². The molecule has 0 amide bonds. The average molecular weight is 302 g/mol. The smallest absolute Gasteiger partial charge is 0.169 e. The number of nitriles is 1. The molecule has 0 fully saturated rings. The van der Waals surface area contributed by atoms with E-state index in [0.29, 0.717) is 29.5 Å². The molecule has 3 aromatic rings. The Morgan fingerprint density at radius 1 is 0.913 bits per heavy atom. The Labute approximate surface area is 134 Å². The van der Waals surface area contributed by atoms with Gasteiger partial charge < -0.3 is 9.47 Å². The monoisotopic (exact) mass is 302 g/mol. The molecule has 112 valence electrons. The van der Waals surface area contributed by atoms with E-state index in [-0.39, 0.29) is 0 Å². The molecule has 3 rings (SSSR count). The van der Waals surface area contributed by atoms with Crippen LogP contribution in [-0.4, -0.2) is 4.98 Å². The van der Waals surface area contributed by atoms with Crippen molar-refractivity contribution in [1.82, 2.24) is 4.98 Å². The van der Waals surface area contributed by atoms with E-state index in [1.165, 1.54) is 0 Å². The number of ether oxygens (including phenoxy) is 2. The number of benzene rings is 2. The molecule has 4 nitrogen and oxygen atoms in total. The lowest BCUT2D eigenvalue weighted by Crippen LogP contribution is -1.97. The highest BCUT2D eigenvalue weighted by atomic mass is 16.5. The Morgan fingerprint density at radius 2 is 1.65 bits per heavy atom. The first-order valence-electron chi connectivity index (χ1n) is 7.15. The molecule has 0 atom stereocenters. The number of aromatic nitrogens is 1. The molecule has 2 aromatic carbocycles. The molecule has 0 saturated heterocycles. The fraction of sp³-hybridized carbons (Fsp3) is 0.0526. The normalized spacial score (nSPS) is 9.87. The number of hydrogen-bond donors (Lipinski definition) is 0. The maximum absolute atomic E-state index is 8.90. The largest absolute Gasteiger partial charge is 0.485 e. The summed E-state index contributed by atoms with van der Waals surface area (Å²) in [4.78, 5) is 3.93. The number of hydrogen-bond acceptors (Lipinski definition) is 4. The second-order valence-corrected chi connectivity index (χ2v) is 4.81. The first kappa shape index (κ1) is 14.6. The molecule has 0 aliphatic carbocycles. The van der Waals surface area contributed by atoms with Crippen molar-refractivity contribution in [3.8, 4) is 23.3 Å². The summed E-state index contributed by atoms with van der Waals surface area (Å²) < 4.78 is 11.7. The highest BCUT2D eigenvalue weighted by Gasteiger charge is 2.07. The Hall–Kier alpha value is -3.32. The van der Waals surface area contributed by atoms with Crippen LogP contribution in [0.15, 0.2) is 72.9 Å². The van der Waals surface area contributed by atoms with Crippen LogP contribution in [0.2, 0.25) is 0 Å². The van der Waals surface area contributed by atoms with E-state index in [0.717, 1.165) is 5.56 Å². The minimum Gasteiger partial charge on any atom is -0.485 e. The molecule has 0 spiro atoms. The third kappa shape index (κ3) is 3.86. The highest BCUT2D eigenvalue weighted by Crippen LogP contribution is 2.31. The first-order chi connectivity index (χ1) is 11.3. The summed E-state index contributed by atoms with van der Waals surface area (Å²) in [5, 5.41) is 8.90. The quantitative estimate of drug-likeness (QED) is 0.704. The zero-order valence-electron chi connectivity index (χ0n) is 12.3. The minimum atomic E-state index is 0.310. The van der Waals surface area contributed by atoms with E-state index in [9.17, 15) is 0 Å². The second-order valence-electron chi connectivity index (χ2n) is 4.81. The van der Waals surface area contributed by atoms with Gasteiger partial charge in [-0.15, -0.1) is 0 Å². The fourth-order valence-corrected chi connectivity index (χ4v) is 2.05. The molecule has 0 unspecified atom stereocenters. The van der Waals surface area contributed by atoms with Crippen LogP contribution in [0, 0.1) is 11.3 Å². The van der Waals surface area contributed by atoms with Crippen LogP contribution in [0.4, 0.5) is 0 Å². The number of nitrogens with zero attached hydrogens (tertiary/aromatic N) is 2. The van der Waals surface area contributed by atoms with Crippen molar-refractivity contribution in [3.63, 3.8) is 0 Å². The van der Waals surface area contributed by atoms with Crippen molar-refractivity contribution >= 4 is 0 Å². The van der Waals surface area contributed by atoms with Crippen LogP contribution in [0.3, 0.4) is 0 Å². The van der Waals surface area contributed by atoms with E-state index in [1.807, 2.05) is 60.7 Å². The molecular weight excluding hydrogens is 288 g/mol. The maximum Gasteiger partial charge on any atom is 0.169 e. The van der Waals surface area contributed by atoms with Gasteiger partial charge in [-0.05, 0) is 23.8 Å². The first-order valence-corrected chi connectivity index (χ1v) is 7.15. The lowest BCUT2D eigenvalue weighted by atomic mass is 10.2. The van der Waals surface area contributed by atoms with Gasteiger partial charge in [0.2, 0.25) is 0 Å². The molecule has 4 heteroatoms. The van der Waals surface area contributed by atoms with Gasteiger partial charge in [-0.3, -0.25) is 0 Å². The molecule has 1 aromatic heterocycles. The van der Waals surface area contributed by atoms with Crippen LogP contribution in [-0.2, 0) is 6.61 Å². The molecule has 0 N–H and O–H groups in total. The van der Waals surface area contributed by atoms with Crippen molar-refractivity contribution < 1.29 is 9.47 Å². The van der Waals surface area contributed by atoms with Gasteiger partial charge in [0.1, 0.15) is 24.1 Å². The third-order valence-electron chi connectivity index (χ3n) is 3.16. The van der Waals surface area contributed by atoms with Crippen molar-refractivity contribution in [1.29, 1.82) is 5.26 Å². The molecule has 1 heterocycles. The van der Waals surface area contributed by atoms with Crippen LogP contribution in [0.5, 0.6) is 17.2 Å². The summed E-state index contributed by atoms with van der Waals surface area (Å²) in [6.45, 7) is 0.459. The minimum absolute atomic E-state index is 0.310. The van der Waals surface area contributed by atoms with Crippen molar-refractivity contribution in [3.05, 3.63) is 84.2 Å². The Bertz CT molecular complexity index is 826. The molecule has 23 heavy (non-hydrogen) atoms. The summed E-state index contributed by atoms with van der Waals surface area (Å²) in [5.41, 5.74) is 1.39. The summed E-state index contributed by atoms with van der Waals surface area (Å²) in [6.07, 6.45) is 1.54. The maximum atomic E-state index is 8.90. The molecule has 0 aliphatic heterocycles. The van der Waals surface area contributed by atoms with E-state index in [4.69, 9.17) is 14.7 Å². The van der Waals surface area contributed by atoms with Crippen molar-refractivity contribution in [2.45, 2.75) is 6.61 Å². The molecule has 0 bridgehead atoms. The summed E-state index contributed by atoms with van der Waals surface area (Å²) in [7, 11) is 0. The van der Waals surface area contributed by atoms with Gasteiger partial charge in [0, 0.05) is 12.3 Å². The van der Waals surface area contributed by atoms with Crippen LogP contribution in [0.1, 0.15) is 11.3 Å². The van der Waals surface area contributed by atoms with E-state index in [2.05, 4.69) is 4.98 Å². The lowest BCUT2D eigenvalue weighted by Gasteiger charge is -2.12. The van der Waals surface area contributed by atoms with Crippen molar-refractivity contribution in [2.75, 3.05) is 0 Å². The molecule has 0 saturated carbocycles. The second kappa shape index (κ2) is 7.10. The Balaban J connectivity index is 1.76. The topological polar surface area (TPSA) is 55.1 Å². The van der Waals surface area contributed by atoms with Gasteiger partial charge >= 0.3 is 0 Å². The van der Waals surface area contributed by atoms with Crippen LogP contribution < -0.4 is 9.47 Å². The lowest BCUT2D eigenvalue weighted by molar-refractivity contribution is 0.291. The Morgan fingerprint density at radius 3 is 2.43 bits per heavy atom. The molecular formula is C19H14N2O2. The highest BCUT2D eigenvalue weighted by molar-refractivity contribution is 5.43. The molecule has 0 radical (unpaired) electrons. The van der Waals surface area contributed by atoms with Gasteiger partial charge in [0.15, 0.2) is 11.5 Å². The molecule has 0 aliphatic rings. The summed E-state index contributed by atoms with van der Waals surface area (Å²) in [6, 6.07) is 22.7. The van der Waals surface area contributed by atoms with Crippen LogP contribution in [0.25, 0.3) is 0 Å². The van der Waals surface area contributed by atoms with Gasteiger partial charge in [0.25, 0.3) is 0 Å². The summed E-state index contributed by atoms with van der Waals surface area (Å²) >= 11 is 0. The summed E-state index contributed by atoms with van der Waals surface area (Å²) in [5.74, 6) is 1.79. The Kier molecular flexibility index (Phi) is 4.51. The predicted molar refractivity (Wildman–Crippen MR) is 86.2 cm³/mol. The third-order valence-corrected chi connectivity index (χ3v) is 3.16. The van der Waals surface area contributed by atoms with Crippen molar-refractivity contribution in [2.24, 2.45) is 0 Å².